The summed E-state index contributed by atoms with van der Waals surface area (Å²) in [6.45, 7) is 8.33. The summed E-state index contributed by atoms with van der Waals surface area (Å²) in [5.41, 5.74) is 0.321. The van der Waals surface area contributed by atoms with Gasteiger partial charge in [-0.15, -0.1) is 15.0 Å². The predicted octanol–water partition coefficient (Wildman–Crippen LogP) is 3.88. The number of fused-ring (bicyclic) bond motifs is 3. The normalized spacial score (nSPS) is 46.1. The zero-order valence-electron chi connectivity index (χ0n) is 21.7. The zero-order chi connectivity index (χ0) is 24.5. The standard InChI is InChI=1S/C27H39N3O6/c1-25-7-4-16(10-19(25)34-25)13-31-22-28-23(32-14-17-5-8-26(2)20(11-17)35-26)30-24(29-22)33-15-18-6-9-27(3)21(12-18)36-27/h16-21H,4-15H2,1-3H3. The van der Waals surface area contributed by atoms with Gasteiger partial charge < -0.3 is 28.4 Å². The third kappa shape index (κ3) is 4.67. The Bertz CT molecular complexity index is 876. The van der Waals surface area contributed by atoms with Crippen LogP contribution in [0.15, 0.2) is 0 Å². The second-order valence-corrected chi connectivity index (χ2v) is 12.8. The van der Waals surface area contributed by atoms with Gasteiger partial charge in [0.15, 0.2) is 0 Å². The minimum atomic E-state index is 0.107. The van der Waals surface area contributed by atoms with Crippen LogP contribution in [0.25, 0.3) is 0 Å². The van der Waals surface area contributed by atoms with E-state index in [1.54, 1.807) is 0 Å². The second kappa shape index (κ2) is 8.40. The van der Waals surface area contributed by atoms with Crippen LogP contribution < -0.4 is 14.2 Å². The van der Waals surface area contributed by atoms with Crippen LogP contribution in [-0.2, 0) is 14.2 Å². The van der Waals surface area contributed by atoms with Crippen LogP contribution in [0.2, 0.25) is 0 Å². The smallest absolute Gasteiger partial charge is 0.325 e. The van der Waals surface area contributed by atoms with Crippen molar-refractivity contribution in [2.45, 2.75) is 114 Å². The molecule has 3 aliphatic carbocycles. The maximum Gasteiger partial charge on any atom is 0.325 e. The Morgan fingerprint density at radius 1 is 0.583 bits per heavy atom. The third-order valence-electron chi connectivity index (χ3n) is 9.81. The Morgan fingerprint density at radius 2 is 0.889 bits per heavy atom. The van der Waals surface area contributed by atoms with Crippen molar-refractivity contribution in [1.82, 2.24) is 15.0 Å². The first-order valence-electron chi connectivity index (χ1n) is 14.0. The fourth-order valence-corrected chi connectivity index (χ4v) is 6.70. The quantitative estimate of drug-likeness (QED) is 0.466. The van der Waals surface area contributed by atoms with Gasteiger partial charge in [0.05, 0.1) is 54.9 Å². The minimum absolute atomic E-state index is 0.107. The maximum atomic E-state index is 6.07. The number of nitrogens with zero attached hydrogens (tertiary/aromatic N) is 3. The molecule has 1 aromatic rings. The highest BCUT2D eigenvalue weighted by Gasteiger charge is 2.56. The molecular weight excluding hydrogens is 462 g/mol. The number of ether oxygens (including phenoxy) is 6. The fraction of sp³-hybridized carbons (Fsp3) is 0.889. The Hall–Kier alpha value is -1.71. The van der Waals surface area contributed by atoms with Crippen LogP contribution in [0.1, 0.15) is 78.6 Å². The Morgan fingerprint density at radius 3 is 1.17 bits per heavy atom. The average Bonchev–Trinajstić information content (AvgIpc) is 3.79. The molecule has 9 nitrogen and oxygen atoms in total. The summed E-state index contributed by atoms with van der Waals surface area (Å²) in [6, 6.07) is 0.843. The SMILES string of the molecule is CC12CCC(COc3nc(OCC4CCC5(C)OC5C4)nc(OCC4CCC5(C)OC5C4)n3)CC1O2. The number of epoxide rings is 3. The van der Waals surface area contributed by atoms with Crippen LogP contribution in [0.3, 0.4) is 0 Å². The van der Waals surface area contributed by atoms with Gasteiger partial charge in [-0.2, -0.15) is 0 Å². The van der Waals surface area contributed by atoms with E-state index in [1.165, 1.54) is 0 Å². The summed E-state index contributed by atoms with van der Waals surface area (Å²) in [6.07, 6.45) is 10.7. The van der Waals surface area contributed by atoms with Crippen LogP contribution >= 0.6 is 0 Å². The van der Waals surface area contributed by atoms with Gasteiger partial charge in [0, 0.05) is 0 Å². The average molecular weight is 502 g/mol. The van der Waals surface area contributed by atoms with Gasteiger partial charge in [-0.1, -0.05) is 0 Å². The topological polar surface area (TPSA) is 104 Å². The molecule has 0 spiro atoms. The minimum Gasteiger partial charge on any atom is -0.463 e. The lowest BCUT2D eigenvalue weighted by Gasteiger charge is -2.23. The summed E-state index contributed by atoms with van der Waals surface area (Å²) >= 11 is 0. The number of hydrogen-bond acceptors (Lipinski definition) is 9. The molecule has 7 rings (SSSR count). The first kappa shape index (κ1) is 23.4. The van der Waals surface area contributed by atoms with E-state index in [4.69, 9.17) is 28.4 Å². The molecule has 3 saturated carbocycles. The van der Waals surface area contributed by atoms with Gasteiger partial charge in [-0.25, -0.2) is 0 Å². The summed E-state index contributed by atoms with van der Waals surface area (Å²) in [4.78, 5) is 13.4. The van der Waals surface area contributed by atoms with E-state index >= 15 is 0 Å². The van der Waals surface area contributed by atoms with Gasteiger partial charge in [0.25, 0.3) is 0 Å². The lowest BCUT2D eigenvalue weighted by Crippen LogP contribution is -2.26. The van der Waals surface area contributed by atoms with Crippen LogP contribution in [0, 0.1) is 17.8 Å². The van der Waals surface area contributed by atoms with Gasteiger partial charge in [0.2, 0.25) is 0 Å². The van der Waals surface area contributed by atoms with Crippen molar-refractivity contribution in [1.29, 1.82) is 0 Å². The summed E-state index contributed by atoms with van der Waals surface area (Å²) in [5.74, 6) is 1.34. The molecule has 9 unspecified atom stereocenters. The van der Waals surface area contributed by atoms with Crippen LogP contribution in [0.4, 0.5) is 0 Å². The van der Waals surface area contributed by atoms with Crippen molar-refractivity contribution in [3.63, 3.8) is 0 Å². The van der Waals surface area contributed by atoms with Crippen LogP contribution in [-0.4, -0.2) is 69.9 Å². The molecule has 0 radical (unpaired) electrons. The molecular formula is C27H39N3O6. The zero-order valence-corrected chi connectivity index (χ0v) is 21.7. The highest BCUT2D eigenvalue weighted by atomic mass is 16.6. The van der Waals surface area contributed by atoms with E-state index in [9.17, 15) is 0 Å². The van der Waals surface area contributed by atoms with E-state index in [0.29, 0.717) is 55.9 Å². The van der Waals surface area contributed by atoms with Crippen molar-refractivity contribution in [2.75, 3.05) is 19.8 Å². The molecule has 3 aliphatic heterocycles. The highest BCUT2D eigenvalue weighted by molar-refractivity contribution is 5.11. The van der Waals surface area contributed by atoms with Gasteiger partial charge in [-0.05, 0) is 96.3 Å². The number of aromatic nitrogens is 3. The molecule has 1 aromatic heterocycles. The van der Waals surface area contributed by atoms with Crippen molar-refractivity contribution >= 4 is 0 Å². The second-order valence-electron chi connectivity index (χ2n) is 12.8. The molecule has 6 aliphatic rings. The molecule has 0 amide bonds. The summed E-state index contributed by atoms with van der Waals surface area (Å²) in [5, 5.41) is 0. The van der Waals surface area contributed by atoms with Crippen molar-refractivity contribution in [2.24, 2.45) is 17.8 Å². The monoisotopic (exact) mass is 501 g/mol. The largest absolute Gasteiger partial charge is 0.463 e. The third-order valence-corrected chi connectivity index (χ3v) is 9.81. The lowest BCUT2D eigenvalue weighted by atomic mass is 9.83. The predicted molar refractivity (Wildman–Crippen MR) is 128 cm³/mol. The molecule has 9 heteroatoms. The van der Waals surface area contributed by atoms with Gasteiger partial charge >= 0.3 is 18.0 Å². The molecule has 9 atom stereocenters. The first-order valence-corrected chi connectivity index (χ1v) is 14.0. The van der Waals surface area contributed by atoms with E-state index < -0.39 is 0 Å². The maximum absolute atomic E-state index is 6.07. The Balaban J connectivity index is 0.978. The Kier molecular flexibility index (Phi) is 5.46. The lowest BCUT2D eigenvalue weighted by molar-refractivity contribution is 0.163. The molecule has 3 saturated heterocycles. The highest BCUT2D eigenvalue weighted by Crippen LogP contribution is 2.51. The summed E-state index contributed by atoms with van der Waals surface area (Å²) in [7, 11) is 0. The van der Waals surface area contributed by atoms with E-state index in [-0.39, 0.29) is 34.8 Å². The van der Waals surface area contributed by atoms with Crippen molar-refractivity contribution < 1.29 is 28.4 Å². The van der Waals surface area contributed by atoms with Gasteiger partial charge in [-0.3, -0.25) is 0 Å². The first-order chi connectivity index (χ1) is 17.3. The fourth-order valence-electron chi connectivity index (χ4n) is 6.70. The molecule has 198 valence electrons. The molecule has 0 bridgehead atoms. The van der Waals surface area contributed by atoms with Crippen molar-refractivity contribution in [3.05, 3.63) is 0 Å². The van der Waals surface area contributed by atoms with Crippen LogP contribution in [0.5, 0.6) is 18.0 Å². The Labute approximate surface area is 212 Å². The number of hydrogen-bond donors (Lipinski definition) is 0. The molecule has 0 N–H and O–H groups in total. The number of rotatable bonds is 9. The van der Waals surface area contributed by atoms with Crippen molar-refractivity contribution in [3.8, 4) is 18.0 Å². The van der Waals surface area contributed by atoms with Gasteiger partial charge in [0.1, 0.15) is 0 Å². The van der Waals surface area contributed by atoms with E-state index in [2.05, 4.69) is 35.7 Å². The molecule has 6 fully saturated rings. The molecule has 0 aromatic carbocycles. The molecule has 4 heterocycles. The van der Waals surface area contributed by atoms with E-state index in [0.717, 1.165) is 57.8 Å². The summed E-state index contributed by atoms with van der Waals surface area (Å²) < 4.78 is 35.7. The van der Waals surface area contributed by atoms with E-state index in [1.807, 2.05) is 0 Å². The molecule has 36 heavy (non-hydrogen) atoms.